The van der Waals surface area contributed by atoms with Gasteiger partial charge in [0.05, 0.1) is 13.2 Å². The molecule has 0 aliphatic carbocycles. The van der Waals surface area contributed by atoms with Crippen molar-refractivity contribution in [1.29, 1.82) is 0 Å². The van der Waals surface area contributed by atoms with Gasteiger partial charge in [-0.3, -0.25) is 9.59 Å². The summed E-state index contributed by atoms with van der Waals surface area (Å²) in [4.78, 5) is 31.4. The summed E-state index contributed by atoms with van der Waals surface area (Å²) in [5.41, 5.74) is 2.50. The molecule has 2 aromatic carbocycles. The van der Waals surface area contributed by atoms with Crippen LogP contribution in [0.4, 0.5) is 17.6 Å². The SMILES string of the molecule is COc1ccc([C@H]2c3[nH]c4ccc(F)cc4c3C[C@H]3C(=O)N(CC(F)(F)F)CC(=O)N23)cc1. The third-order valence-electron chi connectivity index (χ3n) is 6.20. The lowest BCUT2D eigenvalue weighted by molar-refractivity contribution is -0.176. The highest BCUT2D eigenvalue weighted by atomic mass is 19.4. The minimum atomic E-state index is -4.63. The number of carbonyl (C=O) groups is 2. The molecule has 2 amide bonds. The number of hydrogen-bond donors (Lipinski definition) is 1. The van der Waals surface area contributed by atoms with E-state index >= 15 is 0 Å². The fraction of sp³-hybridized carbons (Fsp3) is 0.304. The molecule has 0 unspecified atom stereocenters. The second-order valence-electron chi connectivity index (χ2n) is 8.21. The highest BCUT2D eigenvalue weighted by Gasteiger charge is 2.50. The summed E-state index contributed by atoms with van der Waals surface area (Å²) >= 11 is 0. The first kappa shape index (κ1) is 21.3. The Labute approximate surface area is 185 Å². The zero-order valence-corrected chi connectivity index (χ0v) is 17.4. The topological polar surface area (TPSA) is 65.6 Å². The van der Waals surface area contributed by atoms with E-state index < -0.39 is 49.0 Å². The molecule has 1 fully saturated rings. The van der Waals surface area contributed by atoms with Gasteiger partial charge in [0.25, 0.3) is 0 Å². The van der Waals surface area contributed by atoms with Crippen molar-refractivity contribution in [2.75, 3.05) is 20.2 Å². The van der Waals surface area contributed by atoms with E-state index in [4.69, 9.17) is 4.74 Å². The van der Waals surface area contributed by atoms with Gasteiger partial charge in [0.15, 0.2) is 0 Å². The smallest absolute Gasteiger partial charge is 0.406 e. The number of carbonyl (C=O) groups excluding carboxylic acids is 2. The number of ether oxygens (including phenoxy) is 1. The minimum Gasteiger partial charge on any atom is -0.497 e. The van der Waals surface area contributed by atoms with Crippen LogP contribution in [0.2, 0.25) is 0 Å². The summed E-state index contributed by atoms with van der Waals surface area (Å²) in [6.07, 6.45) is -4.64. The van der Waals surface area contributed by atoms with Crippen molar-refractivity contribution in [3.63, 3.8) is 0 Å². The Morgan fingerprint density at radius 2 is 1.85 bits per heavy atom. The van der Waals surface area contributed by atoms with Gasteiger partial charge in [-0.25, -0.2) is 4.39 Å². The lowest BCUT2D eigenvalue weighted by atomic mass is 9.86. The second-order valence-corrected chi connectivity index (χ2v) is 8.21. The molecule has 0 radical (unpaired) electrons. The van der Waals surface area contributed by atoms with Crippen molar-refractivity contribution in [2.24, 2.45) is 0 Å². The zero-order chi connectivity index (χ0) is 23.5. The average molecular weight is 461 g/mol. The van der Waals surface area contributed by atoms with E-state index in [0.29, 0.717) is 38.4 Å². The number of alkyl halides is 3. The van der Waals surface area contributed by atoms with Crippen molar-refractivity contribution < 1.29 is 31.9 Å². The average Bonchev–Trinajstić information content (AvgIpc) is 3.12. The van der Waals surface area contributed by atoms with Crippen LogP contribution in [0.15, 0.2) is 42.5 Å². The predicted molar refractivity (Wildman–Crippen MR) is 110 cm³/mol. The fourth-order valence-corrected chi connectivity index (χ4v) is 4.83. The summed E-state index contributed by atoms with van der Waals surface area (Å²) in [5.74, 6) is -1.25. The molecule has 1 N–H and O–H groups in total. The van der Waals surface area contributed by atoms with E-state index in [2.05, 4.69) is 4.98 Å². The Balaban J connectivity index is 1.66. The zero-order valence-electron chi connectivity index (χ0n) is 17.4. The van der Waals surface area contributed by atoms with Gasteiger partial charge in [0, 0.05) is 23.0 Å². The van der Waals surface area contributed by atoms with Gasteiger partial charge in [0.2, 0.25) is 11.8 Å². The van der Waals surface area contributed by atoms with Gasteiger partial charge >= 0.3 is 6.18 Å². The van der Waals surface area contributed by atoms with Crippen LogP contribution < -0.4 is 4.74 Å². The van der Waals surface area contributed by atoms with E-state index in [9.17, 15) is 27.2 Å². The molecule has 172 valence electrons. The highest BCUT2D eigenvalue weighted by molar-refractivity contribution is 5.97. The normalized spacial score (nSPS) is 20.8. The van der Waals surface area contributed by atoms with Crippen LogP contribution in [0.3, 0.4) is 0 Å². The van der Waals surface area contributed by atoms with Gasteiger partial charge < -0.3 is 19.5 Å². The van der Waals surface area contributed by atoms with Crippen LogP contribution >= 0.6 is 0 Å². The van der Waals surface area contributed by atoms with Gasteiger partial charge in [-0.15, -0.1) is 0 Å². The van der Waals surface area contributed by atoms with Crippen LogP contribution in [0.25, 0.3) is 10.9 Å². The van der Waals surface area contributed by atoms with Crippen molar-refractivity contribution in [1.82, 2.24) is 14.8 Å². The van der Waals surface area contributed by atoms with Crippen LogP contribution in [-0.2, 0) is 16.0 Å². The Bertz CT molecular complexity index is 1250. The molecular weight excluding hydrogens is 442 g/mol. The molecule has 2 aliphatic rings. The standard InChI is InChI=1S/C23H19F4N3O3/c1-33-14-5-2-12(3-6-14)21-20-16(15-8-13(24)4-7-17(15)28-20)9-18-22(32)29(11-23(25,26)27)10-19(31)30(18)21/h2-8,18,21,28H,9-11H2,1H3/t18-,21-/m0/s1. The number of piperazine rings is 1. The summed E-state index contributed by atoms with van der Waals surface area (Å²) in [5, 5.41) is 0.538. The van der Waals surface area contributed by atoms with Gasteiger partial charge in [0.1, 0.15) is 30.7 Å². The number of H-pyrrole nitrogens is 1. The maximum Gasteiger partial charge on any atom is 0.406 e. The monoisotopic (exact) mass is 461 g/mol. The number of amides is 2. The Morgan fingerprint density at radius 3 is 2.52 bits per heavy atom. The fourth-order valence-electron chi connectivity index (χ4n) is 4.83. The van der Waals surface area contributed by atoms with E-state index in [1.165, 1.54) is 24.1 Å². The highest BCUT2D eigenvalue weighted by Crippen LogP contribution is 2.43. The van der Waals surface area contributed by atoms with Gasteiger partial charge in [-0.05, 0) is 41.5 Å². The van der Waals surface area contributed by atoms with E-state index in [1.54, 1.807) is 30.3 Å². The summed E-state index contributed by atoms with van der Waals surface area (Å²) in [6.45, 7) is -2.16. The van der Waals surface area contributed by atoms with Crippen LogP contribution in [0.5, 0.6) is 5.75 Å². The first-order valence-corrected chi connectivity index (χ1v) is 10.3. The molecule has 3 heterocycles. The lowest BCUT2D eigenvalue weighted by Gasteiger charge is -2.47. The van der Waals surface area contributed by atoms with Crippen LogP contribution in [0, 0.1) is 5.82 Å². The maximum atomic E-state index is 14.0. The Morgan fingerprint density at radius 1 is 1.12 bits per heavy atom. The molecule has 3 aromatic rings. The summed E-state index contributed by atoms with van der Waals surface area (Å²) in [7, 11) is 1.51. The first-order valence-electron chi connectivity index (χ1n) is 10.3. The van der Waals surface area contributed by atoms with Crippen molar-refractivity contribution in [2.45, 2.75) is 24.7 Å². The molecule has 6 nitrogen and oxygen atoms in total. The van der Waals surface area contributed by atoms with E-state index in [0.717, 1.165) is 0 Å². The molecule has 0 saturated carbocycles. The van der Waals surface area contributed by atoms with Crippen molar-refractivity contribution >= 4 is 22.7 Å². The van der Waals surface area contributed by atoms with E-state index in [-0.39, 0.29) is 6.42 Å². The molecular formula is C23H19F4N3O3. The van der Waals surface area contributed by atoms with E-state index in [1.807, 2.05) is 0 Å². The Kier molecular flexibility index (Phi) is 4.84. The number of aromatic nitrogens is 1. The third kappa shape index (κ3) is 3.59. The van der Waals surface area contributed by atoms with Crippen LogP contribution in [0.1, 0.15) is 22.9 Å². The number of nitrogens with one attached hydrogen (secondary N) is 1. The second kappa shape index (κ2) is 7.50. The lowest BCUT2D eigenvalue weighted by Crippen LogP contribution is -2.64. The molecule has 2 atom stereocenters. The number of benzene rings is 2. The number of rotatable bonds is 3. The van der Waals surface area contributed by atoms with Crippen LogP contribution in [-0.4, -0.2) is 59.0 Å². The number of aromatic amines is 1. The number of nitrogens with zero attached hydrogens (tertiary/aromatic N) is 2. The largest absolute Gasteiger partial charge is 0.497 e. The molecule has 10 heteroatoms. The number of halogens is 4. The number of methoxy groups -OCH3 is 1. The molecule has 1 aromatic heterocycles. The number of hydrogen-bond acceptors (Lipinski definition) is 3. The maximum absolute atomic E-state index is 14.0. The molecule has 0 spiro atoms. The predicted octanol–water partition coefficient (Wildman–Crippen LogP) is 3.56. The first-order chi connectivity index (χ1) is 15.7. The van der Waals surface area contributed by atoms with Crippen molar-refractivity contribution in [3.05, 3.63) is 65.1 Å². The van der Waals surface area contributed by atoms with Gasteiger partial charge in [-0.1, -0.05) is 12.1 Å². The number of fused-ring (bicyclic) bond motifs is 4. The van der Waals surface area contributed by atoms with Gasteiger partial charge in [-0.2, -0.15) is 13.2 Å². The molecule has 0 bridgehead atoms. The summed E-state index contributed by atoms with van der Waals surface area (Å²) < 4.78 is 58.3. The molecule has 33 heavy (non-hydrogen) atoms. The minimum absolute atomic E-state index is 0.00955. The quantitative estimate of drug-likeness (QED) is 0.607. The third-order valence-corrected chi connectivity index (χ3v) is 6.20. The molecule has 1 saturated heterocycles. The Hall–Kier alpha value is -3.56. The molecule has 2 aliphatic heterocycles. The summed E-state index contributed by atoms with van der Waals surface area (Å²) in [6, 6.07) is 9.19. The van der Waals surface area contributed by atoms with Crippen molar-refractivity contribution in [3.8, 4) is 5.75 Å². The molecule has 5 rings (SSSR count).